The van der Waals surface area contributed by atoms with Crippen LogP contribution in [0.1, 0.15) is 38.5 Å². The van der Waals surface area contributed by atoms with Crippen molar-refractivity contribution in [1.82, 2.24) is 4.90 Å². The maximum Gasteiger partial charge on any atom is 0.321 e. The molecule has 2 aliphatic rings. The topological polar surface area (TPSA) is 52.7 Å². The van der Waals surface area contributed by atoms with Crippen molar-refractivity contribution in [2.75, 3.05) is 30.4 Å². The number of urea groups is 1. The molecule has 1 saturated heterocycles. The summed E-state index contributed by atoms with van der Waals surface area (Å²) in [6.45, 7) is 1.58. The van der Waals surface area contributed by atoms with Crippen LogP contribution in [0, 0.1) is 5.92 Å². The second-order valence-electron chi connectivity index (χ2n) is 6.66. The monoisotopic (exact) mass is 315 g/mol. The molecule has 1 aliphatic heterocycles. The summed E-state index contributed by atoms with van der Waals surface area (Å²) in [5, 5.41) is 2.94. The summed E-state index contributed by atoms with van der Waals surface area (Å²) < 4.78 is 0. The summed E-state index contributed by atoms with van der Waals surface area (Å²) in [4.78, 5) is 27.7. The van der Waals surface area contributed by atoms with E-state index in [4.69, 9.17) is 0 Å². The molecule has 1 heterocycles. The molecule has 0 aromatic heterocycles. The zero-order valence-electron chi connectivity index (χ0n) is 13.8. The van der Waals surface area contributed by atoms with Crippen LogP contribution < -0.4 is 10.2 Å². The van der Waals surface area contributed by atoms with Gasteiger partial charge in [0.15, 0.2) is 0 Å². The molecule has 23 heavy (non-hydrogen) atoms. The fourth-order valence-corrected chi connectivity index (χ4v) is 3.55. The van der Waals surface area contributed by atoms with E-state index in [1.165, 1.54) is 25.7 Å². The zero-order valence-corrected chi connectivity index (χ0v) is 13.8. The van der Waals surface area contributed by atoms with Crippen LogP contribution in [0.25, 0.3) is 0 Å². The molecule has 0 radical (unpaired) electrons. The van der Waals surface area contributed by atoms with E-state index in [1.807, 2.05) is 31.3 Å². The summed E-state index contributed by atoms with van der Waals surface area (Å²) in [7, 11) is 1.85. The Morgan fingerprint density at radius 2 is 2.09 bits per heavy atom. The molecule has 0 bridgehead atoms. The second kappa shape index (κ2) is 7.02. The van der Waals surface area contributed by atoms with Gasteiger partial charge in [0.05, 0.1) is 0 Å². The zero-order chi connectivity index (χ0) is 16.2. The van der Waals surface area contributed by atoms with Crippen molar-refractivity contribution >= 4 is 23.3 Å². The molecule has 1 aromatic rings. The quantitative estimate of drug-likeness (QED) is 0.925. The first-order valence-electron chi connectivity index (χ1n) is 8.56. The number of anilines is 2. The SMILES string of the molecule is CN(CC1CCCC1)C(=O)Nc1cccc(N2CCCC2=O)c1. The predicted molar refractivity (Wildman–Crippen MR) is 91.6 cm³/mol. The molecule has 2 fully saturated rings. The van der Waals surface area contributed by atoms with Crippen LogP contribution in [0.3, 0.4) is 0 Å². The molecule has 1 aliphatic carbocycles. The minimum Gasteiger partial charge on any atom is -0.327 e. The highest BCUT2D eigenvalue weighted by Crippen LogP contribution is 2.26. The number of hydrogen-bond donors (Lipinski definition) is 1. The Morgan fingerprint density at radius 3 is 2.78 bits per heavy atom. The molecule has 124 valence electrons. The molecule has 0 unspecified atom stereocenters. The Morgan fingerprint density at radius 1 is 1.30 bits per heavy atom. The number of amides is 3. The van der Waals surface area contributed by atoms with E-state index in [-0.39, 0.29) is 11.9 Å². The Hall–Kier alpha value is -2.04. The average molecular weight is 315 g/mol. The smallest absolute Gasteiger partial charge is 0.321 e. The molecular formula is C18H25N3O2. The van der Waals surface area contributed by atoms with Gasteiger partial charge in [0.2, 0.25) is 5.91 Å². The Balaban J connectivity index is 1.60. The third-order valence-electron chi connectivity index (χ3n) is 4.84. The number of carbonyl (C=O) groups is 2. The van der Waals surface area contributed by atoms with Crippen LogP contribution in [-0.4, -0.2) is 37.0 Å². The molecule has 1 N–H and O–H groups in total. The van der Waals surface area contributed by atoms with Crippen LogP contribution in [0.4, 0.5) is 16.2 Å². The molecule has 3 rings (SSSR count). The van der Waals surface area contributed by atoms with Crippen molar-refractivity contribution in [3.63, 3.8) is 0 Å². The first-order valence-corrected chi connectivity index (χ1v) is 8.56. The van der Waals surface area contributed by atoms with Crippen LogP contribution >= 0.6 is 0 Å². The number of nitrogens with zero attached hydrogens (tertiary/aromatic N) is 2. The van der Waals surface area contributed by atoms with Crippen LogP contribution in [-0.2, 0) is 4.79 Å². The lowest BCUT2D eigenvalue weighted by atomic mass is 10.1. The van der Waals surface area contributed by atoms with Gasteiger partial charge in [-0.2, -0.15) is 0 Å². The van der Waals surface area contributed by atoms with Crippen LogP contribution in [0.5, 0.6) is 0 Å². The highest BCUT2D eigenvalue weighted by Gasteiger charge is 2.22. The number of nitrogens with one attached hydrogen (secondary N) is 1. The van der Waals surface area contributed by atoms with Gasteiger partial charge < -0.3 is 15.1 Å². The minimum atomic E-state index is -0.0817. The normalized spacial score (nSPS) is 18.5. The summed E-state index contributed by atoms with van der Waals surface area (Å²) in [5.74, 6) is 0.797. The lowest BCUT2D eigenvalue weighted by Gasteiger charge is -2.22. The van der Waals surface area contributed by atoms with Gasteiger partial charge in [0, 0.05) is 37.9 Å². The van der Waals surface area contributed by atoms with Crippen molar-refractivity contribution in [3.8, 4) is 0 Å². The van der Waals surface area contributed by atoms with Crippen molar-refractivity contribution in [1.29, 1.82) is 0 Å². The van der Waals surface area contributed by atoms with Crippen molar-refractivity contribution in [2.45, 2.75) is 38.5 Å². The summed E-state index contributed by atoms with van der Waals surface area (Å²) in [6.07, 6.45) is 6.53. The van der Waals surface area contributed by atoms with Crippen molar-refractivity contribution in [3.05, 3.63) is 24.3 Å². The third kappa shape index (κ3) is 3.84. The van der Waals surface area contributed by atoms with Crippen molar-refractivity contribution in [2.24, 2.45) is 5.92 Å². The van der Waals surface area contributed by atoms with Gasteiger partial charge >= 0.3 is 6.03 Å². The Kier molecular flexibility index (Phi) is 4.84. The van der Waals surface area contributed by atoms with Crippen molar-refractivity contribution < 1.29 is 9.59 Å². The lowest BCUT2D eigenvalue weighted by Crippen LogP contribution is -2.34. The largest absolute Gasteiger partial charge is 0.327 e. The van der Waals surface area contributed by atoms with E-state index in [2.05, 4.69) is 5.32 Å². The van der Waals surface area contributed by atoms with Crippen LogP contribution in [0.2, 0.25) is 0 Å². The van der Waals surface area contributed by atoms with Gasteiger partial charge in [-0.15, -0.1) is 0 Å². The summed E-state index contributed by atoms with van der Waals surface area (Å²) >= 11 is 0. The summed E-state index contributed by atoms with van der Waals surface area (Å²) in [6, 6.07) is 7.46. The molecule has 3 amide bonds. The average Bonchev–Trinajstić information content (AvgIpc) is 3.19. The van der Waals surface area contributed by atoms with Gasteiger partial charge in [0.25, 0.3) is 0 Å². The van der Waals surface area contributed by atoms with E-state index in [0.717, 1.165) is 30.9 Å². The third-order valence-corrected chi connectivity index (χ3v) is 4.84. The first-order chi connectivity index (χ1) is 11.1. The Labute approximate surface area is 137 Å². The molecule has 0 spiro atoms. The number of benzene rings is 1. The Bertz CT molecular complexity index is 581. The predicted octanol–water partition coefficient (Wildman–Crippen LogP) is 3.47. The maximum atomic E-state index is 12.3. The lowest BCUT2D eigenvalue weighted by molar-refractivity contribution is -0.117. The standard InChI is InChI=1S/C18H25N3O2/c1-20(13-14-6-2-3-7-14)18(23)19-15-8-4-9-16(12-15)21-11-5-10-17(21)22/h4,8-9,12,14H,2-3,5-7,10-11,13H2,1H3,(H,19,23). The molecule has 1 saturated carbocycles. The molecular weight excluding hydrogens is 290 g/mol. The number of rotatable bonds is 4. The van der Waals surface area contributed by atoms with Gasteiger partial charge in [-0.25, -0.2) is 4.79 Å². The van der Waals surface area contributed by atoms with Gasteiger partial charge in [-0.1, -0.05) is 18.9 Å². The maximum absolute atomic E-state index is 12.3. The molecule has 5 heteroatoms. The van der Waals surface area contributed by atoms with E-state index in [0.29, 0.717) is 12.3 Å². The number of carbonyl (C=O) groups excluding carboxylic acids is 2. The molecule has 0 atom stereocenters. The molecule has 1 aromatic carbocycles. The molecule has 5 nitrogen and oxygen atoms in total. The fourth-order valence-electron chi connectivity index (χ4n) is 3.55. The summed E-state index contributed by atoms with van der Waals surface area (Å²) in [5.41, 5.74) is 1.61. The van der Waals surface area contributed by atoms with Gasteiger partial charge in [0.1, 0.15) is 0 Å². The minimum absolute atomic E-state index is 0.0817. The number of hydrogen-bond acceptors (Lipinski definition) is 2. The van der Waals surface area contributed by atoms with Gasteiger partial charge in [-0.3, -0.25) is 4.79 Å². The van der Waals surface area contributed by atoms with Gasteiger partial charge in [-0.05, 0) is 43.4 Å². The van der Waals surface area contributed by atoms with Crippen LogP contribution in [0.15, 0.2) is 24.3 Å². The fraction of sp³-hybridized carbons (Fsp3) is 0.556. The van der Waals surface area contributed by atoms with E-state index in [9.17, 15) is 9.59 Å². The highest BCUT2D eigenvalue weighted by atomic mass is 16.2. The second-order valence-corrected chi connectivity index (χ2v) is 6.66. The van der Waals surface area contributed by atoms with E-state index < -0.39 is 0 Å². The van der Waals surface area contributed by atoms with E-state index in [1.54, 1.807) is 9.80 Å². The first kappa shape index (κ1) is 15.8. The highest BCUT2D eigenvalue weighted by molar-refractivity contribution is 5.96. The van der Waals surface area contributed by atoms with E-state index >= 15 is 0 Å².